The zero-order valence-corrected chi connectivity index (χ0v) is 15.8. The van der Waals surface area contributed by atoms with E-state index in [2.05, 4.69) is 32.2 Å². The summed E-state index contributed by atoms with van der Waals surface area (Å²) in [6.07, 6.45) is 6.35. The van der Waals surface area contributed by atoms with E-state index < -0.39 is 0 Å². The van der Waals surface area contributed by atoms with Crippen molar-refractivity contribution in [3.63, 3.8) is 0 Å². The van der Waals surface area contributed by atoms with Gasteiger partial charge in [-0.2, -0.15) is 0 Å². The number of nitrogens with one attached hydrogen (secondary N) is 1. The number of amides is 1. The minimum Gasteiger partial charge on any atom is -0.356 e. The molecule has 0 bridgehead atoms. The first-order valence-corrected chi connectivity index (χ1v) is 10.1. The highest BCUT2D eigenvalue weighted by Crippen LogP contribution is 2.23. The number of aromatic nitrogens is 1. The van der Waals surface area contributed by atoms with Gasteiger partial charge in [0.2, 0.25) is 5.91 Å². The molecule has 0 radical (unpaired) electrons. The van der Waals surface area contributed by atoms with Crippen LogP contribution < -0.4 is 10.2 Å². The molecule has 3 heterocycles. The van der Waals surface area contributed by atoms with Gasteiger partial charge >= 0.3 is 0 Å². The highest BCUT2D eigenvalue weighted by Gasteiger charge is 2.26. The summed E-state index contributed by atoms with van der Waals surface area (Å²) in [5, 5.41) is 3.14. The van der Waals surface area contributed by atoms with Crippen LogP contribution in [0.25, 0.3) is 0 Å². The van der Waals surface area contributed by atoms with Crippen LogP contribution in [0.5, 0.6) is 0 Å². The maximum Gasteiger partial charge on any atom is 0.229 e. The quantitative estimate of drug-likeness (QED) is 0.882. The second-order valence-electron chi connectivity index (χ2n) is 7.65. The van der Waals surface area contributed by atoms with Crippen LogP contribution in [0.2, 0.25) is 0 Å². The highest BCUT2D eigenvalue weighted by atomic mass is 16.1. The van der Waals surface area contributed by atoms with Gasteiger partial charge in [-0.25, -0.2) is 4.98 Å². The molecule has 4 rings (SSSR count). The number of pyridine rings is 1. The SMILES string of the molecule is O=C(Nc1cccc(CN2CCCC2)c1)C1CCCN(c2ccccn2)C1. The summed E-state index contributed by atoms with van der Waals surface area (Å²) in [5.41, 5.74) is 2.18. The molecule has 142 valence electrons. The maximum absolute atomic E-state index is 12.8. The Hall–Kier alpha value is -2.40. The molecule has 1 aromatic heterocycles. The number of benzene rings is 1. The zero-order valence-electron chi connectivity index (χ0n) is 15.8. The molecule has 5 heteroatoms. The Morgan fingerprint density at radius 1 is 1.07 bits per heavy atom. The standard InChI is InChI=1S/C22H28N4O/c27-22(19-8-6-14-26(17-19)21-10-1-2-11-23-21)24-20-9-5-7-18(15-20)16-25-12-3-4-13-25/h1-2,5,7,9-11,15,19H,3-4,6,8,12-14,16-17H2,(H,24,27). The van der Waals surface area contributed by atoms with Crippen molar-refractivity contribution in [1.29, 1.82) is 0 Å². The lowest BCUT2D eigenvalue weighted by Gasteiger charge is -2.32. The van der Waals surface area contributed by atoms with Gasteiger partial charge in [0.15, 0.2) is 0 Å². The van der Waals surface area contributed by atoms with E-state index in [1.54, 1.807) is 0 Å². The third kappa shape index (κ3) is 4.66. The number of hydrogen-bond donors (Lipinski definition) is 1. The van der Waals surface area contributed by atoms with E-state index in [1.165, 1.54) is 31.5 Å². The molecular formula is C22H28N4O. The van der Waals surface area contributed by atoms with Crippen LogP contribution in [0, 0.1) is 5.92 Å². The van der Waals surface area contributed by atoms with Crippen LogP contribution in [-0.2, 0) is 11.3 Å². The van der Waals surface area contributed by atoms with Crippen molar-refractivity contribution >= 4 is 17.4 Å². The molecule has 27 heavy (non-hydrogen) atoms. The van der Waals surface area contributed by atoms with Crippen molar-refractivity contribution in [2.24, 2.45) is 5.92 Å². The summed E-state index contributed by atoms with van der Waals surface area (Å²) >= 11 is 0. The largest absolute Gasteiger partial charge is 0.356 e. The van der Waals surface area contributed by atoms with Crippen LogP contribution in [0.4, 0.5) is 11.5 Å². The van der Waals surface area contributed by atoms with Gasteiger partial charge in [0, 0.05) is 31.5 Å². The third-order valence-corrected chi connectivity index (χ3v) is 5.56. The number of anilines is 2. The van der Waals surface area contributed by atoms with E-state index in [4.69, 9.17) is 0 Å². The van der Waals surface area contributed by atoms with E-state index in [1.807, 2.05) is 36.5 Å². The lowest BCUT2D eigenvalue weighted by molar-refractivity contribution is -0.120. The topological polar surface area (TPSA) is 48.5 Å². The molecule has 5 nitrogen and oxygen atoms in total. The van der Waals surface area contributed by atoms with Crippen LogP contribution in [0.3, 0.4) is 0 Å². The Kier molecular flexibility index (Phi) is 5.68. The van der Waals surface area contributed by atoms with Gasteiger partial charge in [0.1, 0.15) is 5.82 Å². The fraction of sp³-hybridized carbons (Fsp3) is 0.455. The predicted octanol–water partition coefficient (Wildman–Crippen LogP) is 3.53. The minimum absolute atomic E-state index is 0.00277. The first kappa shape index (κ1) is 18.0. The molecule has 1 N–H and O–H groups in total. The predicted molar refractivity (Wildman–Crippen MR) is 109 cm³/mol. The van der Waals surface area contributed by atoms with Crippen LogP contribution in [-0.4, -0.2) is 42.0 Å². The third-order valence-electron chi connectivity index (χ3n) is 5.56. The number of piperidine rings is 1. The average molecular weight is 364 g/mol. The van der Waals surface area contributed by atoms with E-state index in [-0.39, 0.29) is 11.8 Å². The lowest BCUT2D eigenvalue weighted by atomic mass is 9.97. The molecule has 2 aliphatic heterocycles. The molecule has 2 saturated heterocycles. The van der Waals surface area contributed by atoms with E-state index in [9.17, 15) is 4.79 Å². The molecular weight excluding hydrogens is 336 g/mol. The van der Waals surface area contributed by atoms with Crippen molar-refractivity contribution < 1.29 is 4.79 Å². The summed E-state index contributed by atoms with van der Waals surface area (Å²) in [6.45, 7) is 5.03. The van der Waals surface area contributed by atoms with Gasteiger partial charge in [0.05, 0.1) is 5.92 Å². The number of rotatable bonds is 5. The molecule has 0 spiro atoms. The number of likely N-dealkylation sites (tertiary alicyclic amines) is 1. The van der Waals surface area contributed by atoms with Gasteiger partial charge in [-0.3, -0.25) is 9.69 Å². The molecule has 2 aromatic rings. The molecule has 1 aromatic carbocycles. The van der Waals surface area contributed by atoms with Gasteiger partial charge in [-0.1, -0.05) is 18.2 Å². The monoisotopic (exact) mass is 364 g/mol. The average Bonchev–Trinajstić information content (AvgIpc) is 3.22. The van der Waals surface area contributed by atoms with Crippen molar-refractivity contribution in [3.05, 3.63) is 54.2 Å². The molecule has 2 fully saturated rings. The van der Waals surface area contributed by atoms with Crippen LogP contribution in [0.1, 0.15) is 31.2 Å². The fourth-order valence-corrected chi connectivity index (χ4v) is 4.13. The van der Waals surface area contributed by atoms with E-state index in [0.717, 1.165) is 44.0 Å². The normalized spacial score (nSPS) is 20.6. The Labute approximate surface area is 161 Å². The fourth-order valence-electron chi connectivity index (χ4n) is 4.13. The highest BCUT2D eigenvalue weighted by molar-refractivity contribution is 5.93. The molecule has 1 amide bonds. The van der Waals surface area contributed by atoms with Gasteiger partial charge in [0.25, 0.3) is 0 Å². The van der Waals surface area contributed by atoms with Gasteiger partial charge in [-0.15, -0.1) is 0 Å². The maximum atomic E-state index is 12.8. The van der Waals surface area contributed by atoms with Gasteiger partial charge < -0.3 is 10.2 Å². The zero-order chi connectivity index (χ0) is 18.5. The number of carbonyl (C=O) groups excluding carboxylic acids is 1. The first-order valence-electron chi connectivity index (χ1n) is 10.1. The number of hydrogen-bond acceptors (Lipinski definition) is 4. The molecule has 0 aliphatic carbocycles. The summed E-state index contributed by atoms with van der Waals surface area (Å²) in [7, 11) is 0. The van der Waals surface area contributed by atoms with Crippen molar-refractivity contribution in [3.8, 4) is 0 Å². The minimum atomic E-state index is 0.00277. The van der Waals surface area contributed by atoms with E-state index >= 15 is 0 Å². The van der Waals surface area contributed by atoms with Crippen molar-refractivity contribution in [2.75, 3.05) is 36.4 Å². The van der Waals surface area contributed by atoms with Crippen molar-refractivity contribution in [2.45, 2.75) is 32.2 Å². The second kappa shape index (κ2) is 8.53. The lowest BCUT2D eigenvalue weighted by Crippen LogP contribution is -2.41. The van der Waals surface area contributed by atoms with Gasteiger partial charge in [-0.05, 0) is 68.6 Å². The van der Waals surface area contributed by atoms with Crippen molar-refractivity contribution in [1.82, 2.24) is 9.88 Å². The Balaban J connectivity index is 1.37. The summed E-state index contributed by atoms with van der Waals surface area (Å²) in [5.74, 6) is 1.08. The summed E-state index contributed by atoms with van der Waals surface area (Å²) in [4.78, 5) is 22.0. The molecule has 1 atom stereocenters. The Morgan fingerprint density at radius 3 is 2.78 bits per heavy atom. The first-order chi connectivity index (χ1) is 13.3. The van der Waals surface area contributed by atoms with Crippen LogP contribution in [0.15, 0.2) is 48.7 Å². The molecule has 2 aliphatic rings. The van der Waals surface area contributed by atoms with Crippen LogP contribution >= 0.6 is 0 Å². The Morgan fingerprint density at radius 2 is 1.96 bits per heavy atom. The number of carbonyl (C=O) groups is 1. The molecule has 0 saturated carbocycles. The second-order valence-corrected chi connectivity index (χ2v) is 7.65. The smallest absolute Gasteiger partial charge is 0.229 e. The summed E-state index contributed by atoms with van der Waals surface area (Å²) in [6, 6.07) is 14.2. The summed E-state index contributed by atoms with van der Waals surface area (Å²) < 4.78 is 0. The van der Waals surface area contributed by atoms with E-state index in [0.29, 0.717) is 0 Å². The molecule has 1 unspecified atom stereocenters. The number of nitrogens with zero attached hydrogens (tertiary/aromatic N) is 3. The Bertz CT molecular complexity index is 758.